The second-order valence-electron chi connectivity index (χ2n) is 8.83. The Hall–Kier alpha value is -2.96. The average Bonchev–Trinajstić information content (AvgIpc) is 3.28. The maximum absolute atomic E-state index is 13.6. The zero-order chi connectivity index (χ0) is 21.8. The fourth-order valence-electron chi connectivity index (χ4n) is 4.36. The number of H-pyrrole nitrogens is 1. The van der Waals surface area contributed by atoms with Gasteiger partial charge in [0.2, 0.25) is 0 Å². The first-order valence-electron chi connectivity index (χ1n) is 10.1. The lowest BCUT2D eigenvalue weighted by atomic mass is 9.40. The Morgan fingerprint density at radius 1 is 1.23 bits per heavy atom. The zero-order valence-corrected chi connectivity index (χ0v) is 17.8. The molecule has 0 aliphatic heterocycles. The fourth-order valence-corrected chi connectivity index (χ4v) is 4.36. The highest BCUT2D eigenvalue weighted by molar-refractivity contribution is 6.48. The molecule has 0 amide bonds. The van der Waals surface area contributed by atoms with Gasteiger partial charge < -0.3 is 9.67 Å². The van der Waals surface area contributed by atoms with Crippen molar-refractivity contribution in [2.45, 2.75) is 30.8 Å². The first-order chi connectivity index (χ1) is 14.1. The van der Waals surface area contributed by atoms with Gasteiger partial charge in [0.05, 0.1) is 17.2 Å². The number of carbonyl (C=O) groups is 1. The largest absolute Gasteiger partial charge is 0.482 e. The van der Waals surface area contributed by atoms with Crippen LogP contribution in [0.15, 0.2) is 42.6 Å². The number of carboxylic acid groups (broad SMARTS) is 1. The number of hydrogen-bond acceptors (Lipinski definition) is 2. The number of hydrogen-bond donors (Lipinski definition) is 2. The minimum Gasteiger partial charge on any atom is -0.482 e. The van der Waals surface area contributed by atoms with Crippen molar-refractivity contribution in [1.29, 1.82) is 0 Å². The summed E-state index contributed by atoms with van der Waals surface area (Å²) in [6, 6.07) is 10.5. The Labute approximate surface area is 176 Å². The van der Waals surface area contributed by atoms with Crippen molar-refractivity contribution in [2.75, 3.05) is 0 Å². The van der Waals surface area contributed by atoms with Gasteiger partial charge >= 0.3 is 0 Å². The van der Waals surface area contributed by atoms with Crippen LogP contribution in [-0.4, -0.2) is 49.4 Å². The fraction of sp³-hybridized carbons (Fsp3) is 0.238. The molecule has 4 rings (SSSR count). The number of benzene rings is 2. The SMILES string of the molecule is BC(C(=O)O)C(B)(B)c1c(C(C)C)n(-c2ccc(F)cc2)c2cc3cn[nH]c3cc12. The topological polar surface area (TPSA) is 70.9 Å². The van der Waals surface area contributed by atoms with Crippen LogP contribution >= 0.6 is 0 Å². The second kappa shape index (κ2) is 7.08. The summed E-state index contributed by atoms with van der Waals surface area (Å²) in [5.41, 5.74) is 4.74. The smallest absolute Gasteiger partial charge is 0.297 e. The van der Waals surface area contributed by atoms with Crippen molar-refractivity contribution in [3.8, 4) is 5.69 Å². The maximum atomic E-state index is 13.6. The number of carboxylic acids is 1. The van der Waals surface area contributed by atoms with Gasteiger partial charge in [-0.25, -0.2) is 4.39 Å². The number of nitrogens with one attached hydrogen (secondary N) is 1. The number of aromatic amines is 1. The lowest BCUT2D eigenvalue weighted by Crippen LogP contribution is -2.38. The molecule has 0 aliphatic rings. The van der Waals surface area contributed by atoms with Crippen LogP contribution in [0.3, 0.4) is 0 Å². The van der Waals surface area contributed by atoms with Crippen LogP contribution in [0.25, 0.3) is 27.5 Å². The molecular formula is C21H23B3FN3O2. The molecule has 1 atom stereocenters. The number of nitrogens with zero attached hydrogens (tertiary/aromatic N) is 2. The van der Waals surface area contributed by atoms with Gasteiger partial charge in [0, 0.05) is 28.0 Å². The Bertz CT molecular complexity index is 1260. The van der Waals surface area contributed by atoms with Crippen molar-refractivity contribution in [3.05, 3.63) is 59.7 Å². The molecule has 0 fully saturated rings. The minimum atomic E-state index is -0.833. The molecule has 0 saturated carbocycles. The second-order valence-corrected chi connectivity index (χ2v) is 8.83. The summed E-state index contributed by atoms with van der Waals surface area (Å²) >= 11 is 0. The lowest BCUT2D eigenvalue weighted by Gasteiger charge is -2.32. The molecule has 9 heteroatoms. The summed E-state index contributed by atoms with van der Waals surface area (Å²) in [5.74, 6) is -1.60. The molecule has 0 saturated heterocycles. The van der Waals surface area contributed by atoms with E-state index in [2.05, 4.69) is 40.7 Å². The van der Waals surface area contributed by atoms with E-state index in [-0.39, 0.29) is 11.7 Å². The number of aliphatic carboxylic acids is 1. The van der Waals surface area contributed by atoms with E-state index in [0.717, 1.165) is 38.8 Å². The van der Waals surface area contributed by atoms with Crippen LogP contribution in [0, 0.1) is 5.82 Å². The first kappa shape index (κ1) is 20.3. The van der Waals surface area contributed by atoms with Gasteiger partial charge in [-0.05, 0) is 47.9 Å². The molecule has 2 N–H and O–H groups in total. The summed E-state index contributed by atoms with van der Waals surface area (Å²) in [7, 11) is 5.72. The number of rotatable bonds is 5. The third kappa shape index (κ3) is 3.04. The molecule has 2 aromatic heterocycles. The minimum absolute atomic E-state index is 0.120. The normalized spacial score (nSPS) is 13.3. The maximum Gasteiger partial charge on any atom is 0.297 e. The Balaban J connectivity index is 2.18. The third-order valence-corrected chi connectivity index (χ3v) is 6.29. The molecule has 0 radical (unpaired) electrons. The average molecular weight is 401 g/mol. The van der Waals surface area contributed by atoms with Gasteiger partial charge in [-0.3, -0.25) is 9.89 Å². The van der Waals surface area contributed by atoms with Crippen LogP contribution in [0.2, 0.25) is 5.82 Å². The Morgan fingerprint density at radius 3 is 2.50 bits per heavy atom. The van der Waals surface area contributed by atoms with E-state index in [9.17, 15) is 14.3 Å². The van der Waals surface area contributed by atoms with Gasteiger partial charge in [0.15, 0.2) is 0 Å². The summed E-state index contributed by atoms with van der Waals surface area (Å²) in [6.07, 6.45) is 1.77. The molecule has 2 heterocycles. The zero-order valence-electron chi connectivity index (χ0n) is 17.8. The van der Waals surface area contributed by atoms with Crippen molar-refractivity contribution >= 4 is 51.3 Å². The van der Waals surface area contributed by atoms with Gasteiger partial charge in [-0.15, -0.1) is 0 Å². The van der Waals surface area contributed by atoms with Crippen molar-refractivity contribution in [2.24, 2.45) is 0 Å². The highest BCUT2D eigenvalue weighted by Gasteiger charge is 2.38. The predicted octanol–water partition coefficient (Wildman–Crippen LogP) is 1.69. The molecule has 2 aromatic carbocycles. The van der Waals surface area contributed by atoms with Crippen molar-refractivity contribution in [1.82, 2.24) is 14.8 Å². The standard InChI is InChI=1S/C21H23B3FN3O2/c1-10(2)18-17(21(23,24)19(22)20(29)30)14-8-15-11(9-26-27-15)7-16(14)28(18)13-5-3-12(25)4-6-13/h3-10,19H,22-24H2,1-2H3,(H,26,27)(H,29,30). The van der Waals surface area contributed by atoms with E-state index >= 15 is 0 Å². The van der Waals surface area contributed by atoms with Crippen LogP contribution in [0.4, 0.5) is 4.39 Å². The molecule has 0 aliphatic carbocycles. The highest BCUT2D eigenvalue weighted by Crippen LogP contribution is 2.43. The molecular weight excluding hydrogens is 378 g/mol. The van der Waals surface area contributed by atoms with Crippen LogP contribution in [-0.2, 0) is 10.0 Å². The first-order valence-corrected chi connectivity index (χ1v) is 10.1. The molecule has 5 nitrogen and oxygen atoms in total. The van der Waals surface area contributed by atoms with Crippen molar-refractivity contribution in [3.63, 3.8) is 0 Å². The number of halogens is 1. The highest BCUT2D eigenvalue weighted by atomic mass is 19.1. The molecule has 150 valence electrons. The van der Waals surface area contributed by atoms with Crippen LogP contribution in [0.1, 0.15) is 31.0 Å². The number of aromatic nitrogens is 3. The molecule has 4 aromatic rings. The summed E-state index contributed by atoms with van der Waals surface area (Å²) < 4.78 is 15.8. The summed E-state index contributed by atoms with van der Waals surface area (Å²) in [5, 5.41) is 18.3. The monoisotopic (exact) mass is 401 g/mol. The van der Waals surface area contributed by atoms with E-state index in [1.165, 1.54) is 12.1 Å². The summed E-state index contributed by atoms with van der Waals surface area (Å²) in [6.45, 7) is 4.21. The van der Waals surface area contributed by atoms with Gasteiger partial charge in [0.1, 0.15) is 29.4 Å². The summed E-state index contributed by atoms with van der Waals surface area (Å²) in [4.78, 5) is 12.0. The van der Waals surface area contributed by atoms with Gasteiger partial charge in [-0.1, -0.05) is 19.1 Å². The molecule has 30 heavy (non-hydrogen) atoms. The Morgan fingerprint density at radius 2 is 1.90 bits per heavy atom. The van der Waals surface area contributed by atoms with Crippen molar-refractivity contribution < 1.29 is 14.3 Å². The third-order valence-electron chi connectivity index (χ3n) is 6.29. The quantitative estimate of drug-likeness (QED) is 0.501. The van der Waals surface area contributed by atoms with Crippen LogP contribution < -0.4 is 0 Å². The van der Waals surface area contributed by atoms with Gasteiger partial charge in [0.25, 0.3) is 5.97 Å². The molecule has 1 unspecified atom stereocenters. The number of fused-ring (bicyclic) bond motifs is 2. The van der Waals surface area contributed by atoms with E-state index in [4.69, 9.17) is 0 Å². The lowest BCUT2D eigenvalue weighted by molar-refractivity contribution is -0.137. The molecule has 0 spiro atoms. The van der Waals surface area contributed by atoms with E-state index in [1.54, 1.807) is 26.2 Å². The Kier molecular flexibility index (Phi) is 4.79. The van der Waals surface area contributed by atoms with Gasteiger partial charge in [-0.2, -0.15) is 5.10 Å². The predicted molar refractivity (Wildman–Crippen MR) is 126 cm³/mol. The van der Waals surface area contributed by atoms with E-state index in [0.29, 0.717) is 0 Å². The molecule has 0 bridgehead atoms. The van der Waals surface area contributed by atoms with Crippen LogP contribution in [0.5, 0.6) is 0 Å². The van der Waals surface area contributed by atoms with E-state index in [1.807, 2.05) is 15.7 Å². The van der Waals surface area contributed by atoms with E-state index < -0.39 is 17.0 Å².